The lowest BCUT2D eigenvalue weighted by molar-refractivity contribution is -0.135. The maximum atomic E-state index is 12.7. The molecule has 2 N–H and O–H groups in total. The summed E-state index contributed by atoms with van der Waals surface area (Å²) in [7, 11) is 3.57. The Labute approximate surface area is 155 Å². The number of ether oxygens (including phenoxy) is 1. The number of amides is 1. The average Bonchev–Trinajstić information content (AvgIpc) is 3.09. The van der Waals surface area contributed by atoms with Crippen LogP contribution in [0.3, 0.4) is 0 Å². The molecule has 25 heavy (non-hydrogen) atoms. The summed E-state index contributed by atoms with van der Waals surface area (Å²) in [6.07, 6.45) is 3.17. The highest BCUT2D eigenvalue weighted by molar-refractivity contribution is 5.85. The molecule has 1 fully saturated rings. The van der Waals surface area contributed by atoms with Crippen LogP contribution in [-0.4, -0.2) is 31.5 Å². The van der Waals surface area contributed by atoms with E-state index in [4.69, 9.17) is 10.5 Å². The first-order valence-corrected chi connectivity index (χ1v) is 8.64. The van der Waals surface area contributed by atoms with E-state index in [1.165, 1.54) is 0 Å². The molecule has 2 aromatic carbocycles. The molecule has 0 heterocycles. The first-order valence-electron chi connectivity index (χ1n) is 8.64. The number of nitrogens with zero attached hydrogens (tertiary/aromatic N) is 1. The van der Waals surface area contributed by atoms with Gasteiger partial charge in [-0.2, -0.15) is 0 Å². The molecule has 1 aliphatic carbocycles. The molecule has 1 saturated carbocycles. The van der Waals surface area contributed by atoms with Crippen molar-refractivity contribution in [3.05, 3.63) is 42.0 Å². The zero-order valence-electron chi connectivity index (χ0n) is 14.9. The Hall–Kier alpha value is -1.78. The molecule has 1 aliphatic rings. The monoisotopic (exact) mass is 362 g/mol. The molecule has 0 bridgehead atoms. The Morgan fingerprint density at radius 2 is 1.92 bits per heavy atom. The van der Waals surface area contributed by atoms with Crippen molar-refractivity contribution in [2.24, 2.45) is 17.6 Å². The minimum absolute atomic E-state index is 0. The van der Waals surface area contributed by atoms with Crippen molar-refractivity contribution in [2.45, 2.75) is 25.8 Å². The van der Waals surface area contributed by atoms with Gasteiger partial charge in [-0.05, 0) is 59.8 Å². The molecule has 4 nitrogen and oxygen atoms in total. The second kappa shape index (κ2) is 8.54. The lowest BCUT2D eigenvalue weighted by atomic mass is 9.94. The molecular formula is C20H27ClN2O2. The average molecular weight is 363 g/mol. The van der Waals surface area contributed by atoms with E-state index in [1.54, 1.807) is 7.11 Å². The Morgan fingerprint density at radius 3 is 2.64 bits per heavy atom. The highest BCUT2D eigenvalue weighted by Gasteiger charge is 2.33. The summed E-state index contributed by atoms with van der Waals surface area (Å²) < 4.78 is 5.26. The van der Waals surface area contributed by atoms with Gasteiger partial charge in [0.1, 0.15) is 5.75 Å². The minimum Gasteiger partial charge on any atom is -0.497 e. The third kappa shape index (κ3) is 4.25. The van der Waals surface area contributed by atoms with Crippen LogP contribution in [0.4, 0.5) is 0 Å². The predicted octanol–water partition coefficient (Wildman–Crippen LogP) is 3.60. The van der Waals surface area contributed by atoms with Crippen LogP contribution < -0.4 is 10.5 Å². The number of benzene rings is 2. The van der Waals surface area contributed by atoms with E-state index in [0.717, 1.165) is 41.3 Å². The van der Waals surface area contributed by atoms with E-state index in [0.29, 0.717) is 19.0 Å². The van der Waals surface area contributed by atoms with E-state index in [2.05, 4.69) is 24.3 Å². The second-order valence-electron chi connectivity index (χ2n) is 6.77. The SMILES string of the molecule is COc1ccc2cc(CN(C)C(=O)[C@@H]3CCC[C@@H]3CN)ccc2c1.Cl. The Morgan fingerprint density at radius 1 is 1.20 bits per heavy atom. The van der Waals surface area contributed by atoms with Gasteiger partial charge in [-0.25, -0.2) is 0 Å². The lowest BCUT2D eigenvalue weighted by Gasteiger charge is -2.24. The van der Waals surface area contributed by atoms with Gasteiger partial charge in [-0.3, -0.25) is 4.79 Å². The van der Waals surface area contributed by atoms with E-state index >= 15 is 0 Å². The van der Waals surface area contributed by atoms with Crippen molar-refractivity contribution in [3.8, 4) is 5.75 Å². The maximum Gasteiger partial charge on any atom is 0.226 e. The number of halogens is 1. The van der Waals surface area contributed by atoms with Crippen LogP contribution in [0.15, 0.2) is 36.4 Å². The molecule has 1 amide bonds. The van der Waals surface area contributed by atoms with Gasteiger partial charge in [0, 0.05) is 19.5 Å². The molecule has 0 unspecified atom stereocenters. The number of methoxy groups -OCH3 is 1. The molecule has 0 saturated heterocycles. The standard InChI is InChI=1S/C20H26N2O2.ClH/c1-22(20(23)19-5-3-4-17(19)12-21)13-14-6-7-16-11-18(24-2)9-8-15(16)10-14;/h6-11,17,19H,3-5,12-13,21H2,1-2H3;1H/t17-,19-;/m1./s1. The van der Waals surface area contributed by atoms with Gasteiger partial charge < -0.3 is 15.4 Å². The van der Waals surface area contributed by atoms with Crippen LogP contribution in [0.1, 0.15) is 24.8 Å². The van der Waals surface area contributed by atoms with Gasteiger partial charge in [0.05, 0.1) is 7.11 Å². The van der Waals surface area contributed by atoms with E-state index in [1.807, 2.05) is 24.1 Å². The van der Waals surface area contributed by atoms with E-state index in [9.17, 15) is 4.79 Å². The van der Waals surface area contributed by atoms with Crippen molar-refractivity contribution in [1.82, 2.24) is 4.90 Å². The Balaban J connectivity index is 0.00000225. The summed E-state index contributed by atoms with van der Waals surface area (Å²) in [5, 5.41) is 2.31. The lowest BCUT2D eigenvalue weighted by Crippen LogP contribution is -2.36. The van der Waals surface area contributed by atoms with Crippen LogP contribution in [0, 0.1) is 11.8 Å². The number of rotatable bonds is 5. The Bertz CT molecular complexity index is 735. The predicted molar refractivity (Wildman–Crippen MR) is 104 cm³/mol. The fourth-order valence-electron chi connectivity index (χ4n) is 3.78. The van der Waals surface area contributed by atoms with Gasteiger partial charge in [-0.1, -0.05) is 24.6 Å². The van der Waals surface area contributed by atoms with Crippen molar-refractivity contribution in [1.29, 1.82) is 0 Å². The zero-order chi connectivity index (χ0) is 17.1. The summed E-state index contributed by atoms with van der Waals surface area (Å²) in [4.78, 5) is 14.6. The molecule has 136 valence electrons. The smallest absolute Gasteiger partial charge is 0.226 e. The maximum absolute atomic E-state index is 12.7. The van der Waals surface area contributed by atoms with Crippen LogP contribution >= 0.6 is 12.4 Å². The molecule has 0 aliphatic heterocycles. The topological polar surface area (TPSA) is 55.6 Å². The quantitative estimate of drug-likeness (QED) is 0.884. The van der Waals surface area contributed by atoms with Crippen molar-refractivity contribution >= 4 is 29.1 Å². The van der Waals surface area contributed by atoms with Crippen molar-refractivity contribution < 1.29 is 9.53 Å². The number of hydrogen-bond acceptors (Lipinski definition) is 3. The fourth-order valence-corrected chi connectivity index (χ4v) is 3.78. The van der Waals surface area contributed by atoms with Crippen LogP contribution in [-0.2, 0) is 11.3 Å². The summed E-state index contributed by atoms with van der Waals surface area (Å²) in [5.74, 6) is 1.54. The normalized spacial score (nSPS) is 19.5. The fraction of sp³-hybridized carbons (Fsp3) is 0.450. The summed E-state index contributed by atoms with van der Waals surface area (Å²) in [6.45, 7) is 1.25. The number of carbonyl (C=O) groups is 1. The number of carbonyl (C=O) groups excluding carboxylic acids is 1. The van der Waals surface area contributed by atoms with Crippen molar-refractivity contribution in [2.75, 3.05) is 20.7 Å². The largest absolute Gasteiger partial charge is 0.497 e. The summed E-state index contributed by atoms with van der Waals surface area (Å²) in [6, 6.07) is 12.4. The highest BCUT2D eigenvalue weighted by atomic mass is 35.5. The molecule has 3 rings (SSSR count). The molecule has 2 aromatic rings. The van der Waals surface area contributed by atoms with Gasteiger partial charge >= 0.3 is 0 Å². The van der Waals surface area contributed by atoms with E-state index < -0.39 is 0 Å². The van der Waals surface area contributed by atoms with Crippen molar-refractivity contribution in [3.63, 3.8) is 0 Å². The number of nitrogens with two attached hydrogens (primary N) is 1. The second-order valence-corrected chi connectivity index (χ2v) is 6.77. The number of fused-ring (bicyclic) bond motifs is 1. The van der Waals surface area contributed by atoms with E-state index in [-0.39, 0.29) is 24.2 Å². The van der Waals surface area contributed by atoms with Gasteiger partial charge in [0.25, 0.3) is 0 Å². The van der Waals surface area contributed by atoms with Crippen LogP contribution in [0.25, 0.3) is 10.8 Å². The van der Waals surface area contributed by atoms with Gasteiger partial charge in [0.15, 0.2) is 0 Å². The zero-order valence-corrected chi connectivity index (χ0v) is 15.7. The first-order chi connectivity index (χ1) is 11.6. The van der Waals surface area contributed by atoms with Crippen LogP contribution in [0.5, 0.6) is 5.75 Å². The molecule has 5 heteroatoms. The first kappa shape index (κ1) is 19.5. The molecule has 0 aromatic heterocycles. The van der Waals surface area contributed by atoms with Crippen LogP contribution in [0.2, 0.25) is 0 Å². The van der Waals surface area contributed by atoms with Gasteiger partial charge in [0.2, 0.25) is 5.91 Å². The number of hydrogen-bond donors (Lipinski definition) is 1. The molecule has 0 radical (unpaired) electrons. The highest BCUT2D eigenvalue weighted by Crippen LogP contribution is 2.32. The van der Waals surface area contributed by atoms with Gasteiger partial charge in [-0.15, -0.1) is 12.4 Å². The third-order valence-electron chi connectivity index (χ3n) is 5.19. The molecular weight excluding hydrogens is 336 g/mol. The third-order valence-corrected chi connectivity index (χ3v) is 5.19. The summed E-state index contributed by atoms with van der Waals surface area (Å²) in [5.41, 5.74) is 6.96. The summed E-state index contributed by atoms with van der Waals surface area (Å²) >= 11 is 0. The minimum atomic E-state index is 0. The molecule has 0 spiro atoms. The Kier molecular flexibility index (Phi) is 6.68. The molecule has 2 atom stereocenters.